The van der Waals surface area contributed by atoms with Crippen molar-refractivity contribution in [3.8, 4) is 0 Å². The Balaban J connectivity index is 2.38. The highest BCUT2D eigenvalue weighted by Crippen LogP contribution is 2.29. The fraction of sp³-hybridized carbons (Fsp3) is 0.783. The summed E-state index contributed by atoms with van der Waals surface area (Å²) in [5, 5.41) is 5.43. The Bertz CT molecular complexity index is 753. The zero-order valence-corrected chi connectivity index (χ0v) is 20.6. The molecule has 9 heteroatoms. The largest absolute Gasteiger partial charge is 0.461 e. The van der Waals surface area contributed by atoms with Crippen molar-refractivity contribution in [1.29, 1.82) is 0 Å². The van der Waals surface area contributed by atoms with Gasteiger partial charge in [-0.3, -0.25) is 19.2 Å². The molecule has 0 aromatic heterocycles. The van der Waals surface area contributed by atoms with E-state index in [4.69, 9.17) is 4.74 Å². The van der Waals surface area contributed by atoms with Crippen LogP contribution in [0.3, 0.4) is 0 Å². The Morgan fingerprint density at radius 3 is 2.12 bits per heavy atom. The van der Waals surface area contributed by atoms with Crippen molar-refractivity contribution in [1.82, 2.24) is 10.6 Å². The third-order valence-electron chi connectivity index (χ3n) is 6.20. The van der Waals surface area contributed by atoms with E-state index in [1.165, 1.54) is 11.8 Å². The molecule has 2 aliphatic heterocycles. The number of nitrogens with one attached hydrogen (secondary N) is 2. The highest BCUT2D eigenvalue weighted by molar-refractivity contribution is 8.00. The van der Waals surface area contributed by atoms with Gasteiger partial charge in [-0.2, -0.15) is 11.8 Å². The molecule has 2 bridgehead atoms. The first kappa shape index (κ1) is 26.4. The van der Waals surface area contributed by atoms with Gasteiger partial charge in [0, 0.05) is 36.2 Å². The van der Waals surface area contributed by atoms with Crippen LogP contribution in [-0.4, -0.2) is 58.5 Å². The summed E-state index contributed by atoms with van der Waals surface area (Å²) in [4.78, 5) is 64.3. The lowest BCUT2D eigenvalue weighted by atomic mass is 9.88. The van der Waals surface area contributed by atoms with Crippen molar-refractivity contribution in [3.63, 3.8) is 0 Å². The number of carbonyl (C=O) groups excluding carboxylic acids is 5. The van der Waals surface area contributed by atoms with E-state index in [0.717, 1.165) is 0 Å². The van der Waals surface area contributed by atoms with Gasteiger partial charge in [0.25, 0.3) is 0 Å². The number of amides is 2. The molecule has 2 saturated heterocycles. The van der Waals surface area contributed by atoms with Gasteiger partial charge in [0.05, 0.1) is 12.0 Å². The van der Waals surface area contributed by atoms with Crippen molar-refractivity contribution < 1.29 is 28.7 Å². The number of rotatable bonds is 2. The monoisotopic (exact) mass is 468 g/mol. The molecule has 0 aromatic rings. The van der Waals surface area contributed by atoms with Gasteiger partial charge in [0.1, 0.15) is 17.9 Å². The molecule has 0 radical (unpaired) electrons. The standard InChI is InChI=1S/C23H36N2O6S/c1-11(2)16-8-15(26)7-13(5)31-23(30)20(12(3)4)25-22(29)17-9-19(27)18(24-21(16)28)10-32-14(17)6/h11-14,16-18,20H,7-10H2,1-6H3,(H,24,28)(H,25,29)/t13-,14?,16+,17?,18+,20-/m0/s1. The number of esters is 1. The molecule has 2 heterocycles. The Kier molecular flexibility index (Phi) is 9.30. The van der Waals surface area contributed by atoms with Gasteiger partial charge in [-0.1, -0.05) is 34.6 Å². The number of ether oxygens (including phenoxy) is 1. The molecule has 2 unspecified atom stereocenters. The van der Waals surface area contributed by atoms with Crippen molar-refractivity contribution in [2.75, 3.05) is 5.75 Å². The molecule has 2 N–H and O–H groups in total. The first-order valence-corrected chi connectivity index (χ1v) is 12.4. The third kappa shape index (κ3) is 6.80. The Morgan fingerprint density at radius 1 is 0.875 bits per heavy atom. The molecule has 8 nitrogen and oxygen atoms in total. The summed E-state index contributed by atoms with van der Waals surface area (Å²) in [6.07, 6.45) is -0.694. The van der Waals surface area contributed by atoms with E-state index in [-0.39, 0.29) is 59.7 Å². The Hall–Kier alpha value is -1.90. The van der Waals surface area contributed by atoms with Gasteiger partial charge >= 0.3 is 5.97 Å². The minimum absolute atomic E-state index is 0.0150. The second-order valence-corrected chi connectivity index (χ2v) is 11.1. The molecule has 2 fully saturated rings. The van der Waals surface area contributed by atoms with E-state index >= 15 is 0 Å². The number of Topliss-reactive ketones (excluding diaryl/α,β-unsaturated/α-hetero) is 2. The molecule has 2 aliphatic rings. The van der Waals surface area contributed by atoms with E-state index < -0.39 is 36.0 Å². The van der Waals surface area contributed by atoms with E-state index in [1.807, 2.05) is 20.8 Å². The zero-order chi connectivity index (χ0) is 24.2. The van der Waals surface area contributed by atoms with Crippen LogP contribution in [0.15, 0.2) is 0 Å². The quantitative estimate of drug-likeness (QED) is 0.594. The highest BCUT2D eigenvalue weighted by atomic mass is 32.2. The fourth-order valence-corrected chi connectivity index (χ4v) is 5.26. The van der Waals surface area contributed by atoms with E-state index in [2.05, 4.69) is 10.6 Å². The van der Waals surface area contributed by atoms with Crippen LogP contribution in [0.5, 0.6) is 0 Å². The number of fused-ring (bicyclic) bond motifs is 3. The van der Waals surface area contributed by atoms with Crippen LogP contribution >= 0.6 is 11.8 Å². The number of hydrogen-bond donors (Lipinski definition) is 2. The molecule has 6 atom stereocenters. The van der Waals surface area contributed by atoms with E-state index in [0.29, 0.717) is 5.75 Å². The van der Waals surface area contributed by atoms with Gasteiger partial charge < -0.3 is 15.4 Å². The van der Waals surface area contributed by atoms with Crippen molar-refractivity contribution >= 4 is 41.1 Å². The molecule has 0 aliphatic carbocycles. The van der Waals surface area contributed by atoms with Gasteiger partial charge in [0.2, 0.25) is 11.8 Å². The average molecular weight is 469 g/mol. The molecule has 2 amide bonds. The Labute approximate surface area is 194 Å². The molecule has 32 heavy (non-hydrogen) atoms. The lowest BCUT2D eigenvalue weighted by molar-refractivity contribution is -0.155. The topological polar surface area (TPSA) is 119 Å². The maximum absolute atomic E-state index is 13.0. The molecule has 0 saturated carbocycles. The number of ketones is 2. The van der Waals surface area contributed by atoms with Crippen LogP contribution in [0.1, 0.15) is 60.8 Å². The van der Waals surface area contributed by atoms with Crippen LogP contribution in [0, 0.1) is 23.7 Å². The van der Waals surface area contributed by atoms with Crippen LogP contribution in [-0.2, 0) is 28.7 Å². The highest BCUT2D eigenvalue weighted by Gasteiger charge is 2.39. The van der Waals surface area contributed by atoms with Crippen LogP contribution in [0.4, 0.5) is 0 Å². The summed E-state index contributed by atoms with van der Waals surface area (Å²) in [6, 6.07) is -1.58. The third-order valence-corrected chi connectivity index (χ3v) is 7.58. The second-order valence-electron chi connectivity index (χ2n) is 9.65. The van der Waals surface area contributed by atoms with Gasteiger partial charge in [-0.05, 0) is 18.8 Å². The van der Waals surface area contributed by atoms with Gasteiger partial charge in [-0.25, -0.2) is 4.79 Å². The summed E-state index contributed by atoms with van der Waals surface area (Å²) >= 11 is 1.45. The maximum atomic E-state index is 13.0. The smallest absolute Gasteiger partial charge is 0.329 e. The lowest BCUT2D eigenvalue weighted by Gasteiger charge is -2.27. The van der Waals surface area contributed by atoms with Gasteiger partial charge in [-0.15, -0.1) is 0 Å². The summed E-state index contributed by atoms with van der Waals surface area (Å²) < 4.78 is 5.47. The molecule has 0 spiro atoms. The van der Waals surface area contributed by atoms with Crippen LogP contribution < -0.4 is 10.6 Å². The van der Waals surface area contributed by atoms with E-state index in [1.54, 1.807) is 20.8 Å². The Morgan fingerprint density at radius 2 is 1.53 bits per heavy atom. The summed E-state index contributed by atoms with van der Waals surface area (Å²) in [7, 11) is 0. The zero-order valence-electron chi connectivity index (χ0n) is 19.8. The fourth-order valence-electron chi connectivity index (χ4n) is 4.04. The molecule has 2 rings (SSSR count). The first-order chi connectivity index (χ1) is 14.9. The SMILES string of the molecule is CC1SC[C@H]2NC(=O)[C@@H](C(C)C)CC(=O)C[C@H](C)OC(=O)[C@H](C(C)C)NC(=O)C1CC2=O. The number of cyclic esters (lactones) is 1. The molecule has 180 valence electrons. The van der Waals surface area contributed by atoms with E-state index in [9.17, 15) is 24.0 Å². The molecule has 0 aromatic carbocycles. The molecular weight excluding hydrogens is 432 g/mol. The normalized spacial score (nSPS) is 33.7. The van der Waals surface area contributed by atoms with Gasteiger partial charge in [0.15, 0.2) is 5.78 Å². The average Bonchev–Trinajstić information content (AvgIpc) is 2.81. The summed E-state index contributed by atoms with van der Waals surface area (Å²) in [5.74, 6) is -2.88. The summed E-state index contributed by atoms with van der Waals surface area (Å²) in [6.45, 7) is 10.8. The molecular formula is C23H36N2O6S. The minimum Gasteiger partial charge on any atom is -0.461 e. The summed E-state index contributed by atoms with van der Waals surface area (Å²) in [5.41, 5.74) is 0. The van der Waals surface area contributed by atoms with Crippen LogP contribution in [0.2, 0.25) is 0 Å². The second kappa shape index (κ2) is 11.3. The maximum Gasteiger partial charge on any atom is 0.329 e. The number of hydrogen-bond acceptors (Lipinski definition) is 7. The van der Waals surface area contributed by atoms with Crippen molar-refractivity contribution in [2.45, 2.75) is 84.2 Å². The number of thioether (sulfide) groups is 1. The first-order valence-electron chi connectivity index (χ1n) is 11.4. The van der Waals surface area contributed by atoms with Crippen molar-refractivity contribution in [2.24, 2.45) is 23.7 Å². The lowest BCUT2D eigenvalue weighted by Crippen LogP contribution is -2.50. The van der Waals surface area contributed by atoms with Crippen LogP contribution in [0.25, 0.3) is 0 Å². The predicted octanol–water partition coefficient (Wildman–Crippen LogP) is 1.89. The predicted molar refractivity (Wildman–Crippen MR) is 122 cm³/mol. The number of carbonyl (C=O) groups is 5. The minimum atomic E-state index is -0.873. The van der Waals surface area contributed by atoms with Crippen molar-refractivity contribution in [3.05, 3.63) is 0 Å².